The van der Waals surface area contributed by atoms with Gasteiger partial charge in [-0.05, 0) is 44.5 Å². The molecule has 4 aromatic heterocycles. The largest absolute Gasteiger partial charge is 0.421 e. The Hall–Kier alpha value is -4.41. The van der Waals surface area contributed by atoms with Crippen molar-refractivity contribution in [2.24, 2.45) is 7.05 Å². The van der Waals surface area contributed by atoms with Crippen LogP contribution < -0.4 is 5.32 Å². The summed E-state index contributed by atoms with van der Waals surface area (Å²) in [6, 6.07) is 8.20. The molecule has 10 nitrogen and oxygen atoms in total. The molecule has 0 aliphatic rings. The van der Waals surface area contributed by atoms with Crippen LogP contribution in [-0.2, 0) is 13.5 Å². The van der Waals surface area contributed by atoms with Crippen LogP contribution in [0.3, 0.4) is 0 Å². The summed E-state index contributed by atoms with van der Waals surface area (Å²) in [4.78, 5) is 8.78. The molecule has 4 heterocycles. The number of hydrogen-bond donors (Lipinski definition) is 1. The monoisotopic (exact) mass is 473 g/mol. The van der Waals surface area contributed by atoms with Gasteiger partial charge in [-0.1, -0.05) is 6.92 Å². The lowest BCUT2D eigenvalue weighted by molar-refractivity contribution is 0.532. The first-order valence-corrected chi connectivity index (χ1v) is 11.1. The fourth-order valence-corrected chi connectivity index (χ4v) is 4.20. The van der Waals surface area contributed by atoms with Gasteiger partial charge in [0, 0.05) is 31.2 Å². The fraction of sp³-hybridized carbons (Fsp3) is 0.250. The molecule has 0 atom stereocenters. The first kappa shape index (κ1) is 22.4. The first-order chi connectivity index (χ1) is 16.9. The van der Waals surface area contributed by atoms with Crippen LogP contribution >= 0.6 is 0 Å². The van der Waals surface area contributed by atoms with E-state index in [1.807, 2.05) is 20.9 Å². The summed E-state index contributed by atoms with van der Waals surface area (Å²) in [5, 5.41) is 20.7. The van der Waals surface area contributed by atoms with E-state index in [1.54, 1.807) is 34.5 Å². The van der Waals surface area contributed by atoms with Gasteiger partial charge in [-0.25, -0.2) is 19.0 Å². The van der Waals surface area contributed by atoms with E-state index in [1.165, 1.54) is 18.5 Å². The van der Waals surface area contributed by atoms with Crippen LogP contribution in [0.5, 0.6) is 0 Å². The zero-order chi connectivity index (χ0) is 24.7. The topological polar surface area (TPSA) is 112 Å². The third kappa shape index (κ3) is 4.05. The maximum atomic E-state index is 13.4. The Kier molecular flexibility index (Phi) is 5.59. The molecule has 0 radical (unpaired) electrons. The Labute approximate surface area is 200 Å². The lowest BCUT2D eigenvalue weighted by Crippen LogP contribution is -2.05. The minimum Gasteiger partial charge on any atom is -0.421 e. The van der Waals surface area contributed by atoms with Gasteiger partial charge in [-0.15, -0.1) is 10.2 Å². The zero-order valence-electron chi connectivity index (χ0n) is 20.0. The number of halogens is 1. The van der Waals surface area contributed by atoms with Crippen LogP contribution in [0.25, 0.3) is 28.5 Å². The van der Waals surface area contributed by atoms with E-state index in [4.69, 9.17) is 4.42 Å². The molecule has 11 heteroatoms. The van der Waals surface area contributed by atoms with Gasteiger partial charge in [0.1, 0.15) is 18.0 Å². The average molecular weight is 474 g/mol. The third-order valence-corrected chi connectivity index (χ3v) is 5.76. The van der Waals surface area contributed by atoms with E-state index < -0.39 is 0 Å². The van der Waals surface area contributed by atoms with Gasteiger partial charge in [0.05, 0.1) is 22.6 Å². The smallest absolute Gasteiger partial charge is 0.251 e. The maximum Gasteiger partial charge on any atom is 0.251 e. The number of rotatable bonds is 6. The molecule has 0 fully saturated rings. The Morgan fingerprint density at radius 3 is 2.49 bits per heavy atom. The summed E-state index contributed by atoms with van der Waals surface area (Å²) >= 11 is 0. The molecule has 0 unspecified atom stereocenters. The maximum absolute atomic E-state index is 13.4. The molecule has 0 aliphatic heterocycles. The van der Waals surface area contributed by atoms with Crippen molar-refractivity contribution in [3.8, 4) is 28.5 Å². The Balaban J connectivity index is 1.50. The number of aromatic nitrogens is 8. The number of aryl methyl sites for hydroxylation is 3. The van der Waals surface area contributed by atoms with E-state index in [0.717, 1.165) is 40.2 Å². The van der Waals surface area contributed by atoms with Gasteiger partial charge in [-0.3, -0.25) is 4.68 Å². The Morgan fingerprint density at radius 1 is 1.03 bits per heavy atom. The van der Waals surface area contributed by atoms with Crippen LogP contribution in [0.15, 0.2) is 41.1 Å². The molecule has 0 amide bonds. The molecule has 0 aliphatic carbocycles. The highest BCUT2D eigenvalue weighted by Gasteiger charge is 2.21. The van der Waals surface area contributed by atoms with Crippen molar-refractivity contribution >= 4 is 11.6 Å². The van der Waals surface area contributed by atoms with Crippen molar-refractivity contribution in [2.45, 2.75) is 34.1 Å². The summed E-state index contributed by atoms with van der Waals surface area (Å²) in [7, 11) is 1.87. The first-order valence-electron chi connectivity index (χ1n) is 11.1. The van der Waals surface area contributed by atoms with E-state index in [2.05, 4.69) is 42.6 Å². The highest BCUT2D eigenvalue weighted by molar-refractivity contribution is 5.72. The minimum atomic E-state index is -0.276. The molecule has 0 saturated heterocycles. The average Bonchev–Trinajstić information content (AvgIpc) is 3.49. The molecule has 1 N–H and O–H groups in total. The highest BCUT2D eigenvalue weighted by Crippen LogP contribution is 2.32. The van der Waals surface area contributed by atoms with Crippen LogP contribution in [-0.4, -0.2) is 39.7 Å². The van der Waals surface area contributed by atoms with E-state index in [0.29, 0.717) is 29.2 Å². The van der Waals surface area contributed by atoms with Crippen molar-refractivity contribution in [1.29, 1.82) is 0 Å². The summed E-state index contributed by atoms with van der Waals surface area (Å²) < 4.78 is 22.6. The SMILES string of the molecule is CCc1c(Nc2cc(-n3nc(C)c(-c4nnc(C)o4)c3C)ncn2)nn(C)c1-c1ccc(F)cc1. The second-order valence-corrected chi connectivity index (χ2v) is 8.13. The molecule has 0 saturated carbocycles. The number of anilines is 2. The fourth-order valence-electron chi connectivity index (χ4n) is 4.20. The van der Waals surface area contributed by atoms with E-state index in [-0.39, 0.29) is 5.82 Å². The minimum absolute atomic E-state index is 0.276. The summed E-state index contributed by atoms with van der Waals surface area (Å²) in [6.07, 6.45) is 2.20. The summed E-state index contributed by atoms with van der Waals surface area (Å²) in [6.45, 7) is 7.61. The molecule has 1 aromatic carbocycles. The van der Waals surface area contributed by atoms with Gasteiger partial charge in [-0.2, -0.15) is 10.2 Å². The standard InChI is InChI=1S/C24H24FN9O/c1-6-18-22(16-7-9-17(25)10-8-16)33(5)32-23(18)28-19-11-20(27-12-26-19)34-14(3)21(13(2)31-34)24-30-29-15(4)35-24/h7-12H,6H2,1-5H3,(H,26,27,28,32). The van der Waals surface area contributed by atoms with E-state index >= 15 is 0 Å². The van der Waals surface area contributed by atoms with Crippen molar-refractivity contribution in [3.05, 3.63) is 65.3 Å². The van der Waals surface area contributed by atoms with Gasteiger partial charge in [0.2, 0.25) is 5.89 Å². The van der Waals surface area contributed by atoms with Crippen molar-refractivity contribution in [3.63, 3.8) is 0 Å². The molecule has 178 valence electrons. The highest BCUT2D eigenvalue weighted by atomic mass is 19.1. The Morgan fingerprint density at radius 2 is 1.80 bits per heavy atom. The van der Waals surface area contributed by atoms with Gasteiger partial charge in [0.25, 0.3) is 5.89 Å². The molecule has 35 heavy (non-hydrogen) atoms. The Bertz CT molecular complexity index is 1510. The summed E-state index contributed by atoms with van der Waals surface area (Å²) in [5.41, 5.74) is 5.16. The van der Waals surface area contributed by atoms with Crippen molar-refractivity contribution in [2.75, 3.05) is 5.32 Å². The van der Waals surface area contributed by atoms with Gasteiger partial charge in [0.15, 0.2) is 11.6 Å². The zero-order valence-corrected chi connectivity index (χ0v) is 20.0. The van der Waals surface area contributed by atoms with Crippen LogP contribution in [0, 0.1) is 26.6 Å². The number of benzene rings is 1. The lowest BCUT2D eigenvalue weighted by atomic mass is 10.1. The molecule has 5 rings (SSSR count). The van der Waals surface area contributed by atoms with Gasteiger partial charge < -0.3 is 9.73 Å². The van der Waals surface area contributed by atoms with Crippen molar-refractivity contribution in [1.82, 2.24) is 39.7 Å². The second-order valence-electron chi connectivity index (χ2n) is 8.13. The molecule has 0 bridgehead atoms. The van der Waals surface area contributed by atoms with Crippen LogP contribution in [0.1, 0.15) is 29.8 Å². The summed E-state index contributed by atoms with van der Waals surface area (Å²) in [5.74, 6) is 2.46. The van der Waals surface area contributed by atoms with Crippen molar-refractivity contribution < 1.29 is 8.81 Å². The predicted octanol–water partition coefficient (Wildman–Crippen LogP) is 4.48. The molecule has 0 spiro atoms. The quantitative estimate of drug-likeness (QED) is 0.384. The normalized spacial score (nSPS) is 11.3. The predicted molar refractivity (Wildman–Crippen MR) is 128 cm³/mol. The number of nitrogens with zero attached hydrogens (tertiary/aromatic N) is 8. The third-order valence-electron chi connectivity index (χ3n) is 5.76. The number of hydrogen-bond acceptors (Lipinski definition) is 8. The lowest BCUT2D eigenvalue weighted by Gasteiger charge is -2.08. The molecular weight excluding hydrogens is 449 g/mol. The second kappa shape index (κ2) is 8.75. The molecular formula is C24H24FN9O. The van der Waals surface area contributed by atoms with Crippen LogP contribution in [0.2, 0.25) is 0 Å². The number of nitrogens with one attached hydrogen (secondary N) is 1. The van der Waals surface area contributed by atoms with E-state index in [9.17, 15) is 4.39 Å². The van der Waals surface area contributed by atoms with Crippen LogP contribution in [0.4, 0.5) is 16.0 Å². The molecule has 5 aromatic rings. The van der Waals surface area contributed by atoms with Gasteiger partial charge >= 0.3 is 0 Å².